The Bertz CT molecular complexity index is 539. The highest BCUT2D eigenvalue weighted by Crippen LogP contribution is 2.30. The van der Waals surface area contributed by atoms with Crippen LogP contribution in [0.4, 0.5) is 0 Å². The van der Waals surface area contributed by atoms with Gasteiger partial charge in [-0.15, -0.1) is 0 Å². The maximum atomic E-state index is 12.4. The van der Waals surface area contributed by atoms with Crippen LogP contribution in [0.15, 0.2) is 29.2 Å². The van der Waals surface area contributed by atoms with Gasteiger partial charge in [-0.05, 0) is 25.0 Å². The van der Waals surface area contributed by atoms with Crippen molar-refractivity contribution >= 4 is 21.6 Å². The number of nitrogens with one attached hydrogen (secondary N) is 1. The van der Waals surface area contributed by atoms with Gasteiger partial charge >= 0.3 is 0 Å². The molecule has 0 unspecified atom stereocenters. The Kier molecular flexibility index (Phi) is 4.50. The number of hydrogen-bond donors (Lipinski definition) is 2. The molecular formula is C13H18ClNO3S. The number of benzene rings is 1. The van der Waals surface area contributed by atoms with Crippen LogP contribution >= 0.6 is 11.6 Å². The number of hydrogen-bond acceptors (Lipinski definition) is 3. The molecule has 19 heavy (non-hydrogen) atoms. The summed E-state index contributed by atoms with van der Waals surface area (Å²) in [5.74, 6) is 0. The normalized spacial score (nSPS) is 19.3. The van der Waals surface area contributed by atoms with Crippen molar-refractivity contribution in [2.24, 2.45) is 0 Å². The van der Waals surface area contributed by atoms with Gasteiger partial charge in [0.1, 0.15) is 4.90 Å². The average molecular weight is 304 g/mol. The Balaban J connectivity index is 2.28. The number of halogens is 1. The largest absolute Gasteiger partial charge is 0.394 e. The minimum absolute atomic E-state index is 0.0649. The Labute approximate surface area is 118 Å². The van der Waals surface area contributed by atoms with Gasteiger partial charge in [0.05, 0.1) is 17.2 Å². The quantitative estimate of drug-likeness (QED) is 0.897. The van der Waals surface area contributed by atoms with E-state index in [4.69, 9.17) is 11.6 Å². The van der Waals surface area contributed by atoms with Crippen LogP contribution in [0.1, 0.15) is 32.1 Å². The highest BCUT2D eigenvalue weighted by molar-refractivity contribution is 7.89. The third-order valence-corrected chi connectivity index (χ3v) is 5.67. The van der Waals surface area contributed by atoms with E-state index >= 15 is 0 Å². The molecule has 4 nitrogen and oxygen atoms in total. The summed E-state index contributed by atoms with van der Waals surface area (Å²) in [4.78, 5) is 0.0649. The fourth-order valence-corrected chi connectivity index (χ4v) is 4.50. The smallest absolute Gasteiger partial charge is 0.242 e. The Hall–Kier alpha value is -0.620. The first-order valence-electron chi connectivity index (χ1n) is 6.38. The SMILES string of the molecule is O=S(=O)(NC1(CO)CCCCC1)c1ccccc1Cl. The standard InChI is InChI=1S/C13H18ClNO3S/c14-11-6-2-3-7-12(11)19(17,18)15-13(10-16)8-4-1-5-9-13/h2-3,6-7,15-16H,1,4-5,8-10H2. The maximum Gasteiger partial charge on any atom is 0.242 e. The predicted octanol–water partition coefficient (Wildman–Crippen LogP) is 2.31. The molecule has 1 aromatic carbocycles. The molecule has 1 aliphatic carbocycles. The molecule has 0 bridgehead atoms. The molecule has 2 N–H and O–H groups in total. The summed E-state index contributed by atoms with van der Waals surface area (Å²) in [5, 5.41) is 9.75. The summed E-state index contributed by atoms with van der Waals surface area (Å²) in [6.07, 6.45) is 4.24. The predicted molar refractivity (Wildman–Crippen MR) is 74.7 cm³/mol. The molecule has 0 heterocycles. The van der Waals surface area contributed by atoms with E-state index < -0.39 is 15.6 Å². The van der Waals surface area contributed by atoms with E-state index in [-0.39, 0.29) is 16.5 Å². The summed E-state index contributed by atoms with van der Waals surface area (Å²) in [5.41, 5.74) is -0.740. The number of sulfonamides is 1. The number of rotatable bonds is 4. The van der Waals surface area contributed by atoms with Crippen molar-refractivity contribution in [1.82, 2.24) is 4.72 Å². The first-order chi connectivity index (χ1) is 8.99. The highest BCUT2D eigenvalue weighted by Gasteiger charge is 2.36. The van der Waals surface area contributed by atoms with E-state index in [1.165, 1.54) is 6.07 Å². The van der Waals surface area contributed by atoms with Crippen molar-refractivity contribution in [3.8, 4) is 0 Å². The van der Waals surface area contributed by atoms with Crippen molar-refractivity contribution < 1.29 is 13.5 Å². The molecule has 6 heteroatoms. The first-order valence-corrected chi connectivity index (χ1v) is 8.25. The van der Waals surface area contributed by atoms with Crippen LogP contribution in [0, 0.1) is 0 Å². The molecule has 1 saturated carbocycles. The molecule has 0 aliphatic heterocycles. The molecule has 0 radical (unpaired) electrons. The van der Waals surface area contributed by atoms with Gasteiger partial charge in [-0.3, -0.25) is 0 Å². The zero-order chi connectivity index (χ0) is 13.9. The van der Waals surface area contributed by atoms with Crippen molar-refractivity contribution in [3.05, 3.63) is 29.3 Å². The van der Waals surface area contributed by atoms with Crippen LogP contribution in [0.2, 0.25) is 5.02 Å². The molecule has 1 aromatic rings. The lowest BCUT2D eigenvalue weighted by Crippen LogP contribution is -2.52. The van der Waals surface area contributed by atoms with Gasteiger partial charge in [-0.1, -0.05) is 43.0 Å². The molecule has 0 amide bonds. The van der Waals surface area contributed by atoms with Crippen LogP contribution in [-0.4, -0.2) is 25.7 Å². The second kappa shape index (κ2) is 5.79. The van der Waals surface area contributed by atoms with E-state index in [9.17, 15) is 13.5 Å². The molecule has 2 rings (SSSR count). The molecule has 0 atom stereocenters. The lowest BCUT2D eigenvalue weighted by Gasteiger charge is -2.36. The van der Waals surface area contributed by atoms with Gasteiger partial charge < -0.3 is 5.11 Å². The fourth-order valence-electron chi connectivity index (χ4n) is 2.52. The third-order valence-electron chi connectivity index (χ3n) is 3.59. The maximum absolute atomic E-state index is 12.4. The molecular weight excluding hydrogens is 286 g/mol. The summed E-state index contributed by atoms with van der Waals surface area (Å²) in [7, 11) is -3.70. The molecule has 106 valence electrons. The molecule has 0 saturated heterocycles. The second-order valence-electron chi connectivity index (χ2n) is 5.04. The summed E-state index contributed by atoms with van der Waals surface area (Å²) >= 11 is 5.93. The summed E-state index contributed by atoms with van der Waals surface area (Å²) < 4.78 is 27.4. The van der Waals surface area contributed by atoms with Gasteiger partial charge in [-0.25, -0.2) is 13.1 Å². The van der Waals surface area contributed by atoms with Gasteiger partial charge in [0.2, 0.25) is 10.0 Å². The lowest BCUT2D eigenvalue weighted by atomic mass is 9.83. The Morgan fingerprint density at radius 1 is 1.21 bits per heavy atom. The zero-order valence-electron chi connectivity index (χ0n) is 10.6. The molecule has 0 spiro atoms. The van der Waals surface area contributed by atoms with Crippen LogP contribution in [0.5, 0.6) is 0 Å². The Morgan fingerprint density at radius 2 is 1.84 bits per heavy atom. The van der Waals surface area contributed by atoms with E-state index in [0.29, 0.717) is 12.8 Å². The van der Waals surface area contributed by atoms with Crippen molar-refractivity contribution in [3.63, 3.8) is 0 Å². The van der Waals surface area contributed by atoms with Gasteiger partial charge in [-0.2, -0.15) is 0 Å². The average Bonchev–Trinajstić information content (AvgIpc) is 2.39. The summed E-state index contributed by atoms with van der Waals surface area (Å²) in [6, 6.07) is 6.33. The van der Waals surface area contributed by atoms with Gasteiger partial charge in [0.15, 0.2) is 0 Å². The Morgan fingerprint density at radius 3 is 2.42 bits per heavy atom. The topological polar surface area (TPSA) is 66.4 Å². The van der Waals surface area contributed by atoms with Crippen LogP contribution in [0.25, 0.3) is 0 Å². The van der Waals surface area contributed by atoms with E-state index in [1.54, 1.807) is 18.2 Å². The second-order valence-corrected chi connectivity index (χ2v) is 7.09. The van der Waals surface area contributed by atoms with E-state index in [2.05, 4.69) is 4.72 Å². The zero-order valence-corrected chi connectivity index (χ0v) is 12.2. The first kappa shape index (κ1) is 14.8. The molecule has 0 aromatic heterocycles. The van der Waals surface area contributed by atoms with E-state index in [0.717, 1.165) is 19.3 Å². The van der Waals surface area contributed by atoms with Gasteiger partial charge in [0.25, 0.3) is 0 Å². The lowest BCUT2D eigenvalue weighted by molar-refractivity contribution is 0.142. The van der Waals surface area contributed by atoms with Gasteiger partial charge in [0, 0.05) is 0 Å². The summed E-state index contributed by atoms with van der Waals surface area (Å²) in [6.45, 7) is -0.184. The van der Waals surface area contributed by atoms with Crippen molar-refractivity contribution in [2.45, 2.75) is 42.5 Å². The molecule has 1 fully saturated rings. The molecule has 1 aliphatic rings. The van der Waals surface area contributed by atoms with Crippen LogP contribution < -0.4 is 4.72 Å². The van der Waals surface area contributed by atoms with Crippen LogP contribution in [-0.2, 0) is 10.0 Å². The van der Waals surface area contributed by atoms with Crippen LogP contribution in [0.3, 0.4) is 0 Å². The minimum atomic E-state index is -3.70. The monoisotopic (exact) mass is 303 g/mol. The van der Waals surface area contributed by atoms with Crippen molar-refractivity contribution in [2.75, 3.05) is 6.61 Å². The number of aliphatic hydroxyl groups is 1. The highest BCUT2D eigenvalue weighted by atomic mass is 35.5. The number of aliphatic hydroxyl groups excluding tert-OH is 1. The van der Waals surface area contributed by atoms with E-state index in [1.807, 2.05) is 0 Å². The third kappa shape index (κ3) is 3.28. The van der Waals surface area contributed by atoms with Crippen molar-refractivity contribution in [1.29, 1.82) is 0 Å². The minimum Gasteiger partial charge on any atom is -0.394 e. The fraction of sp³-hybridized carbons (Fsp3) is 0.538.